The first-order chi connectivity index (χ1) is 10.5. The van der Waals surface area contributed by atoms with Gasteiger partial charge in [0.05, 0.1) is 5.57 Å². The van der Waals surface area contributed by atoms with Gasteiger partial charge in [-0.25, -0.2) is 0 Å². The molecule has 0 saturated carbocycles. The maximum atomic E-state index is 13.0. The van der Waals surface area contributed by atoms with Crippen LogP contribution in [0.5, 0.6) is 0 Å². The van der Waals surface area contributed by atoms with Gasteiger partial charge in [0.2, 0.25) is 5.91 Å². The Morgan fingerprint density at radius 3 is 2.17 bits per heavy atom. The largest absolute Gasteiger partial charge is 0.459 e. The highest BCUT2D eigenvalue weighted by Gasteiger charge is 2.35. The van der Waals surface area contributed by atoms with Crippen molar-refractivity contribution in [3.8, 4) is 0 Å². The molecule has 0 fully saturated rings. The van der Waals surface area contributed by atoms with E-state index in [0.717, 1.165) is 0 Å². The van der Waals surface area contributed by atoms with Gasteiger partial charge in [-0.2, -0.15) is 13.2 Å². The molecule has 126 valence electrons. The number of alkyl halides is 3. The lowest BCUT2D eigenvalue weighted by atomic mass is 10.1. The van der Waals surface area contributed by atoms with Gasteiger partial charge in [-0.05, 0) is 26.3 Å². The lowest BCUT2D eigenvalue weighted by Gasteiger charge is -2.19. The van der Waals surface area contributed by atoms with Crippen LogP contribution in [-0.2, 0) is 14.3 Å². The van der Waals surface area contributed by atoms with Crippen LogP contribution in [0.15, 0.2) is 36.4 Å². The topological polar surface area (TPSA) is 55.4 Å². The van der Waals surface area contributed by atoms with E-state index in [2.05, 4.69) is 5.32 Å². The molecule has 0 aliphatic rings. The second-order valence-corrected chi connectivity index (χ2v) is 5.73. The van der Waals surface area contributed by atoms with Crippen LogP contribution in [0.3, 0.4) is 0 Å². The third-order valence-corrected chi connectivity index (χ3v) is 2.49. The molecule has 1 aromatic carbocycles. The van der Waals surface area contributed by atoms with Crippen LogP contribution in [0.25, 0.3) is 5.57 Å². The summed E-state index contributed by atoms with van der Waals surface area (Å²) in [5.74, 6) is -1.75. The van der Waals surface area contributed by atoms with Crippen LogP contribution in [0.4, 0.5) is 13.2 Å². The highest BCUT2D eigenvalue weighted by atomic mass is 19.4. The summed E-state index contributed by atoms with van der Waals surface area (Å²) in [6, 6.07) is 6.95. The summed E-state index contributed by atoms with van der Waals surface area (Å²) in [4.78, 5) is 23.1. The molecule has 7 heteroatoms. The third kappa shape index (κ3) is 6.99. The zero-order valence-corrected chi connectivity index (χ0v) is 13.0. The normalized spacial score (nSPS) is 12.7. The van der Waals surface area contributed by atoms with Gasteiger partial charge in [0, 0.05) is 6.08 Å². The van der Waals surface area contributed by atoms with E-state index in [4.69, 9.17) is 4.74 Å². The quantitative estimate of drug-likeness (QED) is 0.682. The van der Waals surface area contributed by atoms with Crippen molar-refractivity contribution < 1.29 is 27.5 Å². The average molecular weight is 329 g/mol. The Labute approximate surface area is 132 Å². The molecule has 0 saturated heterocycles. The molecule has 0 heterocycles. The fourth-order valence-electron chi connectivity index (χ4n) is 1.67. The molecule has 1 rings (SSSR count). The number of amides is 1. The van der Waals surface area contributed by atoms with E-state index in [1.54, 1.807) is 26.8 Å². The van der Waals surface area contributed by atoms with E-state index >= 15 is 0 Å². The molecule has 4 nitrogen and oxygen atoms in total. The van der Waals surface area contributed by atoms with Crippen molar-refractivity contribution in [3.63, 3.8) is 0 Å². The van der Waals surface area contributed by atoms with Crippen LogP contribution in [0, 0.1) is 0 Å². The number of benzene rings is 1. The van der Waals surface area contributed by atoms with E-state index in [1.807, 2.05) is 0 Å². The zero-order chi connectivity index (χ0) is 17.7. The lowest BCUT2D eigenvalue weighted by Crippen LogP contribution is -2.34. The second-order valence-electron chi connectivity index (χ2n) is 5.73. The number of hydrogen-bond acceptors (Lipinski definition) is 3. The summed E-state index contributed by atoms with van der Waals surface area (Å²) in [5.41, 5.74) is -1.95. The van der Waals surface area contributed by atoms with Gasteiger partial charge in [-0.15, -0.1) is 0 Å². The maximum absolute atomic E-state index is 13.0. The van der Waals surface area contributed by atoms with Crippen LogP contribution in [0.1, 0.15) is 26.3 Å². The van der Waals surface area contributed by atoms with Gasteiger partial charge >= 0.3 is 12.1 Å². The molecule has 0 aliphatic carbocycles. The number of nitrogens with one attached hydrogen (secondary N) is 1. The summed E-state index contributed by atoms with van der Waals surface area (Å²) in [6.07, 6.45) is -4.26. The Morgan fingerprint density at radius 2 is 1.70 bits per heavy atom. The molecular formula is C16H18F3NO3. The van der Waals surface area contributed by atoms with E-state index in [0.29, 0.717) is 6.08 Å². The standard InChI is InChI=1S/C16H18F3NO3/c1-15(2,3)23-14(22)10-20-13(21)9-12(16(17,18)19)11-7-5-4-6-8-11/h4-9H,10H2,1-3H3,(H,20,21)/b12-9-. The lowest BCUT2D eigenvalue weighted by molar-refractivity contribution is -0.154. The fourth-order valence-corrected chi connectivity index (χ4v) is 1.67. The summed E-state index contributed by atoms with van der Waals surface area (Å²) >= 11 is 0. The monoisotopic (exact) mass is 329 g/mol. The minimum atomic E-state index is -4.69. The SMILES string of the molecule is CC(C)(C)OC(=O)CNC(=O)/C=C(/c1ccccc1)C(F)(F)F. The van der Waals surface area contributed by atoms with Gasteiger partial charge in [0.1, 0.15) is 12.1 Å². The van der Waals surface area contributed by atoms with Gasteiger partial charge in [0.15, 0.2) is 0 Å². The minimum absolute atomic E-state index is 0.132. The van der Waals surface area contributed by atoms with Crippen LogP contribution < -0.4 is 5.32 Å². The van der Waals surface area contributed by atoms with Crippen molar-refractivity contribution in [2.45, 2.75) is 32.5 Å². The number of rotatable bonds is 4. The molecule has 0 aliphatic heterocycles. The van der Waals surface area contributed by atoms with Crippen LogP contribution in [-0.4, -0.2) is 30.2 Å². The predicted octanol–water partition coefficient (Wildman–Crippen LogP) is 3.09. The number of halogens is 3. The molecule has 23 heavy (non-hydrogen) atoms. The van der Waals surface area contributed by atoms with E-state index in [-0.39, 0.29) is 5.56 Å². The van der Waals surface area contributed by atoms with Crippen molar-refractivity contribution in [1.29, 1.82) is 0 Å². The second kappa shape index (κ2) is 7.30. The molecule has 0 spiro atoms. The van der Waals surface area contributed by atoms with E-state index in [9.17, 15) is 22.8 Å². The number of carbonyl (C=O) groups is 2. The first-order valence-electron chi connectivity index (χ1n) is 6.83. The first kappa shape index (κ1) is 18.7. The number of carbonyl (C=O) groups excluding carboxylic acids is 2. The molecular weight excluding hydrogens is 311 g/mol. The van der Waals surface area contributed by atoms with Crippen molar-refractivity contribution in [3.05, 3.63) is 42.0 Å². The Kier molecular flexibility index (Phi) is 5.95. The van der Waals surface area contributed by atoms with Crippen molar-refractivity contribution in [1.82, 2.24) is 5.32 Å². The number of hydrogen-bond donors (Lipinski definition) is 1. The highest BCUT2D eigenvalue weighted by Crippen LogP contribution is 2.33. The van der Waals surface area contributed by atoms with Crippen molar-refractivity contribution >= 4 is 17.4 Å². The molecule has 1 N–H and O–H groups in total. The summed E-state index contributed by atoms with van der Waals surface area (Å²) in [7, 11) is 0. The van der Waals surface area contributed by atoms with Gasteiger partial charge in [0.25, 0.3) is 0 Å². The third-order valence-electron chi connectivity index (χ3n) is 2.49. The Balaban J connectivity index is 2.80. The molecule has 0 bridgehead atoms. The maximum Gasteiger partial charge on any atom is 0.417 e. The molecule has 0 unspecified atom stereocenters. The summed E-state index contributed by atoms with van der Waals surface area (Å²) < 4.78 is 44.1. The summed E-state index contributed by atoms with van der Waals surface area (Å²) in [5, 5.41) is 2.09. The summed E-state index contributed by atoms with van der Waals surface area (Å²) in [6.45, 7) is 4.42. The number of allylic oxidation sites excluding steroid dienone is 1. The Morgan fingerprint density at radius 1 is 1.13 bits per heavy atom. The number of ether oxygens (including phenoxy) is 1. The Bertz CT molecular complexity index is 587. The molecule has 0 atom stereocenters. The van der Waals surface area contributed by atoms with Gasteiger partial charge in [-0.3, -0.25) is 9.59 Å². The van der Waals surface area contributed by atoms with Crippen LogP contribution in [0.2, 0.25) is 0 Å². The Hall–Kier alpha value is -2.31. The molecule has 0 aromatic heterocycles. The average Bonchev–Trinajstić information content (AvgIpc) is 2.40. The number of esters is 1. The molecule has 1 aromatic rings. The van der Waals surface area contributed by atoms with Gasteiger partial charge in [-0.1, -0.05) is 30.3 Å². The molecule has 0 radical (unpaired) electrons. The highest BCUT2D eigenvalue weighted by molar-refractivity contribution is 5.97. The first-order valence-corrected chi connectivity index (χ1v) is 6.83. The fraction of sp³-hybridized carbons (Fsp3) is 0.375. The van der Waals surface area contributed by atoms with E-state index < -0.39 is 35.8 Å². The van der Waals surface area contributed by atoms with Crippen molar-refractivity contribution in [2.75, 3.05) is 6.54 Å². The predicted molar refractivity (Wildman–Crippen MR) is 79.3 cm³/mol. The minimum Gasteiger partial charge on any atom is -0.459 e. The van der Waals surface area contributed by atoms with Gasteiger partial charge < -0.3 is 10.1 Å². The van der Waals surface area contributed by atoms with E-state index in [1.165, 1.54) is 24.3 Å². The van der Waals surface area contributed by atoms with Crippen LogP contribution >= 0.6 is 0 Å². The van der Waals surface area contributed by atoms with Crippen molar-refractivity contribution in [2.24, 2.45) is 0 Å². The smallest absolute Gasteiger partial charge is 0.417 e. The zero-order valence-electron chi connectivity index (χ0n) is 13.0. The molecule has 1 amide bonds.